The topological polar surface area (TPSA) is 53.6 Å². The van der Waals surface area contributed by atoms with E-state index >= 15 is 0 Å². The van der Waals surface area contributed by atoms with Crippen LogP contribution in [-0.4, -0.2) is 21.5 Å². The van der Waals surface area contributed by atoms with Crippen LogP contribution in [0.25, 0.3) is 11.4 Å². The van der Waals surface area contributed by atoms with Crippen molar-refractivity contribution in [2.45, 2.75) is 33.6 Å². The van der Waals surface area contributed by atoms with Crippen molar-refractivity contribution in [2.75, 3.05) is 11.9 Å². The molecular weight excluding hydrogens is 224 g/mol. The molecule has 0 aromatic carbocycles. The summed E-state index contributed by atoms with van der Waals surface area (Å²) in [7, 11) is 0. The zero-order chi connectivity index (χ0) is 13.0. The van der Waals surface area contributed by atoms with Crippen molar-refractivity contribution in [3.63, 3.8) is 0 Å². The monoisotopic (exact) mass is 244 g/mol. The number of H-pyrrole nitrogens is 1. The van der Waals surface area contributed by atoms with Gasteiger partial charge in [0, 0.05) is 24.7 Å². The number of anilines is 1. The molecule has 4 heteroatoms. The largest absolute Gasteiger partial charge is 0.370 e. The zero-order valence-electron chi connectivity index (χ0n) is 11.2. The van der Waals surface area contributed by atoms with Crippen LogP contribution in [0.5, 0.6) is 0 Å². The Morgan fingerprint density at radius 3 is 2.72 bits per heavy atom. The average molecular weight is 244 g/mol. The van der Waals surface area contributed by atoms with E-state index in [0.29, 0.717) is 0 Å². The van der Waals surface area contributed by atoms with Gasteiger partial charge in [-0.05, 0) is 25.5 Å². The highest BCUT2D eigenvalue weighted by Crippen LogP contribution is 2.24. The minimum absolute atomic E-state index is 0.842. The molecule has 0 unspecified atom stereocenters. The van der Waals surface area contributed by atoms with Gasteiger partial charge in [0.25, 0.3) is 0 Å². The Labute approximate surface area is 108 Å². The van der Waals surface area contributed by atoms with Gasteiger partial charge >= 0.3 is 0 Å². The number of hydrogen-bond acceptors (Lipinski definition) is 3. The first kappa shape index (κ1) is 12.6. The van der Waals surface area contributed by atoms with Crippen molar-refractivity contribution in [3.8, 4) is 11.4 Å². The summed E-state index contributed by atoms with van der Waals surface area (Å²) in [6.07, 6.45) is 3.85. The van der Waals surface area contributed by atoms with E-state index in [9.17, 15) is 0 Å². The molecule has 0 aliphatic rings. The molecular formula is C14H20N4. The summed E-state index contributed by atoms with van der Waals surface area (Å²) < 4.78 is 0. The Morgan fingerprint density at radius 2 is 2.11 bits per heavy atom. The Morgan fingerprint density at radius 1 is 1.28 bits per heavy atom. The smallest absolute Gasteiger partial charge is 0.133 e. The van der Waals surface area contributed by atoms with Crippen molar-refractivity contribution in [1.82, 2.24) is 15.0 Å². The third-order valence-corrected chi connectivity index (χ3v) is 2.90. The van der Waals surface area contributed by atoms with Crippen molar-refractivity contribution >= 4 is 5.82 Å². The summed E-state index contributed by atoms with van der Waals surface area (Å²) in [4.78, 5) is 12.4. The van der Waals surface area contributed by atoms with Crippen LogP contribution in [0.3, 0.4) is 0 Å². The van der Waals surface area contributed by atoms with Crippen LogP contribution in [0.1, 0.15) is 31.7 Å². The highest BCUT2D eigenvalue weighted by Gasteiger charge is 2.11. The second kappa shape index (κ2) is 5.67. The molecule has 0 aliphatic carbocycles. The van der Waals surface area contributed by atoms with Crippen LogP contribution in [-0.2, 0) is 6.42 Å². The molecule has 4 nitrogen and oxygen atoms in total. The highest BCUT2D eigenvalue weighted by molar-refractivity contribution is 5.65. The summed E-state index contributed by atoms with van der Waals surface area (Å²) in [6, 6.07) is 4.03. The van der Waals surface area contributed by atoms with Crippen molar-refractivity contribution in [2.24, 2.45) is 0 Å². The van der Waals surface area contributed by atoms with Gasteiger partial charge in [0.15, 0.2) is 0 Å². The normalized spacial score (nSPS) is 10.6. The molecule has 0 fully saturated rings. The van der Waals surface area contributed by atoms with E-state index in [0.717, 1.165) is 48.0 Å². The second-order valence-corrected chi connectivity index (χ2v) is 4.33. The second-order valence-electron chi connectivity index (χ2n) is 4.33. The maximum absolute atomic E-state index is 4.62. The first-order valence-corrected chi connectivity index (χ1v) is 6.51. The molecule has 0 saturated carbocycles. The summed E-state index contributed by atoms with van der Waals surface area (Å²) in [5.74, 6) is 1.83. The fraction of sp³-hybridized carbons (Fsp3) is 0.429. The Balaban J connectivity index is 2.45. The first-order valence-electron chi connectivity index (χ1n) is 6.51. The average Bonchev–Trinajstić information content (AvgIpc) is 2.91. The van der Waals surface area contributed by atoms with Crippen molar-refractivity contribution in [3.05, 3.63) is 29.7 Å². The lowest BCUT2D eigenvalue weighted by molar-refractivity contribution is 0.909. The maximum atomic E-state index is 4.62. The van der Waals surface area contributed by atoms with Gasteiger partial charge in [-0.2, -0.15) is 0 Å². The van der Waals surface area contributed by atoms with Crippen molar-refractivity contribution in [1.29, 1.82) is 0 Å². The molecule has 2 rings (SSSR count). The van der Waals surface area contributed by atoms with E-state index in [1.807, 2.05) is 18.3 Å². The molecule has 96 valence electrons. The van der Waals surface area contributed by atoms with Crippen molar-refractivity contribution < 1.29 is 0 Å². The number of nitrogens with zero attached hydrogens (tertiary/aromatic N) is 2. The van der Waals surface area contributed by atoms with Crippen LogP contribution in [0.4, 0.5) is 5.82 Å². The third kappa shape index (κ3) is 2.53. The van der Waals surface area contributed by atoms with E-state index in [1.54, 1.807) is 0 Å². The summed E-state index contributed by atoms with van der Waals surface area (Å²) in [5.41, 5.74) is 3.14. The number of aryl methyl sites for hydroxylation is 1. The molecule has 2 aromatic rings. The molecule has 0 aliphatic heterocycles. The molecule has 0 atom stereocenters. The number of rotatable bonds is 5. The van der Waals surface area contributed by atoms with Gasteiger partial charge < -0.3 is 10.3 Å². The van der Waals surface area contributed by atoms with E-state index in [2.05, 4.69) is 41.0 Å². The molecule has 2 aromatic heterocycles. The molecule has 0 radical (unpaired) electrons. The van der Waals surface area contributed by atoms with Gasteiger partial charge in [-0.15, -0.1) is 0 Å². The Bertz CT molecular complexity index is 503. The number of hydrogen-bond donors (Lipinski definition) is 2. The van der Waals surface area contributed by atoms with E-state index < -0.39 is 0 Å². The lowest BCUT2D eigenvalue weighted by Crippen LogP contribution is -2.08. The molecule has 18 heavy (non-hydrogen) atoms. The Hall–Kier alpha value is -1.84. The van der Waals surface area contributed by atoms with Crippen LogP contribution in [0.15, 0.2) is 18.3 Å². The van der Waals surface area contributed by atoms with Gasteiger partial charge in [-0.3, -0.25) is 0 Å². The molecule has 0 saturated heterocycles. The van der Waals surface area contributed by atoms with E-state index in [1.165, 1.54) is 0 Å². The first-order chi connectivity index (χ1) is 8.76. The van der Waals surface area contributed by atoms with Gasteiger partial charge in [0.2, 0.25) is 0 Å². The molecule has 0 amide bonds. The molecule has 0 spiro atoms. The molecule has 0 bridgehead atoms. The highest BCUT2D eigenvalue weighted by atomic mass is 15.0. The van der Waals surface area contributed by atoms with Crippen LogP contribution in [0, 0.1) is 6.92 Å². The third-order valence-electron chi connectivity index (χ3n) is 2.90. The standard InChI is InChI=1S/C14H20N4/c1-4-8-16-14-10(3)13(11-7-6-9-15-11)17-12(5-2)18-14/h6-7,9,15H,4-5,8H2,1-3H3,(H,16,17,18). The number of aromatic amines is 1. The van der Waals surface area contributed by atoms with Gasteiger partial charge in [-0.1, -0.05) is 13.8 Å². The van der Waals surface area contributed by atoms with Crippen LogP contribution < -0.4 is 5.32 Å². The summed E-state index contributed by atoms with van der Waals surface area (Å²) >= 11 is 0. The van der Waals surface area contributed by atoms with Crippen LogP contribution in [0.2, 0.25) is 0 Å². The number of aromatic nitrogens is 3. The summed E-state index contributed by atoms with van der Waals surface area (Å²) in [6.45, 7) is 7.22. The minimum atomic E-state index is 0.842. The quantitative estimate of drug-likeness (QED) is 0.849. The SMILES string of the molecule is CCCNc1nc(CC)nc(-c2ccc[nH]2)c1C. The fourth-order valence-corrected chi connectivity index (χ4v) is 1.88. The number of nitrogens with one attached hydrogen (secondary N) is 2. The fourth-order valence-electron chi connectivity index (χ4n) is 1.88. The maximum Gasteiger partial charge on any atom is 0.133 e. The summed E-state index contributed by atoms with van der Waals surface area (Å²) in [5, 5.41) is 3.37. The van der Waals surface area contributed by atoms with E-state index in [-0.39, 0.29) is 0 Å². The van der Waals surface area contributed by atoms with E-state index in [4.69, 9.17) is 0 Å². The molecule has 2 heterocycles. The predicted octanol–water partition coefficient (Wildman–Crippen LogP) is 3.16. The van der Waals surface area contributed by atoms with Gasteiger partial charge in [0.05, 0.1) is 11.4 Å². The Kier molecular flexibility index (Phi) is 3.97. The lowest BCUT2D eigenvalue weighted by Gasteiger charge is -2.12. The van der Waals surface area contributed by atoms with Gasteiger partial charge in [0.1, 0.15) is 11.6 Å². The van der Waals surface area contributed by atoms with Crippen LogP contribution >= 0.6 is 0 Å². The molecule has 2 N–H and O–H groups in total. The van der Waals surface area contributed by atoms with Gasteiger partial charge in [-0.25, -0.2) is 9.97 Å². The minimum Gasteiger partial charge on any atom is -0.370 e. The zero-order valence-corrected chi connectivity index (χ0v) is 11.2. The lowest BCUT2D eigenvalue weighted by atomic mass is 10.1. The predicted molar refractivity (Wildman–Crippen MR) is 74.7 cm³/mol.